The molecule has 26 heavy (non-hydrogen) atoms. The quantitative estimate of drug-likeness (QED) is 0.628. The summed E-state index contributed by atoms with van der Waals surface area (Å²) in [6.07, 6.45) is 8.85. The van der Waals surface area contributed by atoms with Gasteiger partial charge in [-0.15, -0.1) is 0 Å². The summed E-state index contributed by atoms with van der Waals surface area (Å²) in [4.78, 5) is 36.9. The molecule has 3 aliphatic rings. The molecule has 1 spiro atoms. The molecule has 0 bridgehead atoms. The molecule has 3 fully saturated rings. The number of rotatable bonds is 5. The molecule has 2 heterocycles. The molecular formula is C19H31N3O4. The lowest BCUT2D eigenvalue weighted by Crippen LogP contribution is -2.50. The Morgan fingerprint density at radius 2 is 2.04 bits per heavy atom. The fourth-order valence-electron chi connectivity index (χ4n) is 4.76. The number of hydrogen-bond acceptors (Lipinski definition) is 5. The van der Waals surface area contributed by atoms with Gasteiger partial charge in [0.05, 0.1) is 13.2 Å². The first-order valence-corrected chi connectivity index (χ1v) is 9.92. The first kappa shape index (κ1) is 19.1. The molecule has 1 saturated carbocycles. The van der Waals surface area contributed by atoms with Gasteiger partial charge in [0.1, 0.15) is 6.04 Å². The lowest BCUT2D eigenvalue weighted by molar-refractivity contribution is -0.146. The van der Waals surface area contributed by atoms with Crippen LogP contribution in [0.4, 0.5) is 0 Å². The van der Waals surface area contributed by atoms with Crippen LogP contribution >= 0.6 is 0 Å². The molecule has 2 saturated heterocycles. The van der Waals surface area contributed by atoms with Gasteiger partial charge in [-0.05, 0) is 43.9 Å². The van der Waals surface area contributed by atoms with Crippen molar-refractivity contribution in [2.45, 2.75) is 69.9 Å². The Kier molecular flexibility index (Phi) is 6.16. The van der Waals surface area contributed by atoms with E-state index in [4.69, 9.17) is 4.74 Å². The molecule has 146 valence electrons. The van der Waals surface area contributed by atoms with Crippen molar-refractivity contribution in [1.82, 2.24) is 16.0 Å². The van der Waals surface area contributed by atoms with Gasteiger partial charge in [0.25, 0.3) is 0 Å². The molecule has 0 radical (unpaired) electrons. The van der Waals surface area contributed by atoms with Gasteiger partial charge in [-0.1, -0.05) is 19.3 Å². The van der Waals surface area contributed by atoms with Crippen molar-refractivity contribution in [3.8, 4) is 0 Å². The van der Waals surface area contributed by atoms with E-state index in [0.717, 1.165) is 25.8 Å². The van der Waals surface area contributed by atoms with Gasteiger partial charge in [0.15, 0.2) is 0 Å². The predicted octanol–water partition coefficient (Wildman–Crippen LogP) is 0.873. The smallest absolute Gasteiger partial charge is 0.328 e. The molecule has 0 aromatic rings. The Balaban J connectivity index is 1.58. The zero-order valence-electron chi connectivity index (χ0n) is 15.6. The summed E-state index contributed by atoms with van der Waals surface area (Å²) >= 11 is 0. The van der Waals surface area contributed by atoms with Crippen molar-refractivity contribution in [3.05, 3.63) is 0 Å². The van der Waals surface area contributed by atoms with E-state index in [1.54, 1.807) is 0 Å². The Morgan fingerprint density at radius 1 is 1.27 bits per heavy atom. The van der Waals surface area contributed by atoms with E-state index in [9.17, 15) is 14.4 Å². The average molecular weight is 365 g/mol. The fraction of sp³-hybridized carbons (Fsp3) is 0.842. The standard InChI is InChI=1S/C19H31N3O4/c1-26-18(25)14(10-13-6-5-9-20-16(13)23)22-17(24)15-11-19(12-21-15)7-3-2-4-8-19/h13-15,21H,2-12H2,1H3,(H,20,23)(H,22,24). The van der Waals surface area contributed by atoms with Gasteiger partial charge in [0.2, 0.25) is 11.8 Å². The van der Waals surface area contributed by atoms with E-state index in [1.807, 2.05) is 0 Å². The van der Waals surface area contributed by atoms with Crippen molar-refractivity contribution < 1.29 is 19.1 Å². The van der Waals surface area contributed by atoms with E-state index >= 15 is 0 Å². The molecular weight excluding hydrogens is 334 g/mol. The third-order valence-electron chi connectivity index (χ3n) is 6.31. The summed E-state index contributed by atoms with van der Waals surface area (Å²) in [7, 11) is 1.31. The van der Waals surface area contributed by atoms with Crippen LogP contribution in [0.3, 0.4) is 0 Å². The second-order valence-electron chi connectivity index (χ2n) is 8.15. The molecule has 2 amide bonds. The van der Waals surface area contributed by atoms with Gasteiger partial charge in [-0.3, -0.25) is 9.59 Å². The molecule has 3 N–H and O–H groups in total. The minimum atomic E-state index is -0.772. The maximum absolute atomic E-state index is 12.7. The minimum absolute atomic E-state index is 0.0421. The monoisotopic (exact) mass is 365 g/mol. The maximum Gasteiger partial charge on any atom is 0.328 e. The van der Waals surface area contributed by atoms with Crippen LogP contribution in [-0.4, -0.2) is 50.1 Å². The van der Waals surface area contributed by atoms with E-state index in [-0.39, 0.29) is 29.2 Å². The maximum atomic E-state index is 12.7. The number of piperidine rings is 1. The summed E-state index contributed by atoms with van der Waals surface area (Å²) in [5.41, 5.74) is 0.240. The Morgan fingerprint density at radius 3 is 2.73 bits per heavy atom. The van der Waals surface area contributed by atoms with Gasteiger partial charge in [-0.25, -0.2) is 4.79 Å². The van der Waals surface area contributed by atoms with Crippen LogP contribution < -0.4 is 16.0 Å². The molecule has 7 heteroatoms. The lowest BCUT2D eigenvalue weighted by Gasteiger charge is -2.32. The number of carbonyl (C=O) groups excluding carboxylic acids is 3. The number of methoxy groups -OCH3 is 1. The number of ether oxygens (including phenoxy) is 1. The number of esters is 1. The van der Waals surface area contributed by atoms with E-state index in [0.29, 0.717) is 13.0 Å². The highest BCUT2D eigenvalue weighted by atomic mass is 16.5. The molecule has 3 rings (SSSR count). The molecule has 2 aliphatic heterocycles. The molecule has 3 unspecified atom stereocenters. The largest absolute Gasteiger partial charge is 0.467 e. The Bertz CT molecular complexity index is 545. The highest BCUT2D eigenvalue weighted by Gasteiger charge is 2.43. The summed E-state index contributed by atoms with van der Waals surface area (Å²) in [5.74, 6) is -0.935. The molecule has 1 aliphatic carbocycles. The molecule has 7 nitrogen and oxygen atoms in total. The zero-order valence-corrected chi connectivity index (χ0v) is 15.6. The van der Waals surface area contributed by atoms with Crippen LogP contribution in [0.2, 0.25) is 0 Å². The normalized spacial score (nSPS) is 29.0. The second kappa shape index (κ2) is 8.37. The highest BCUT2D eigenvalue weighted by Crippen LogP contribution is 2.42. The Hall–Kier alpha value is -1.63. The molecule has 3 atom stereocenters. The van der Waals surface area contributed by atoms with Crippen LogP contribution in [0.15, 0.2) is 0 Å². The summed E-state index contributed by atoms with van der Waals surface area (Å²) < 4.78 is 4.86. The highest BCUT2D eigenvalue weighted by molar-refractivity contribution is 5.88. The van der Waals surface area contributed by atoms with Crippen molar-refractivity contribution >= 4 is 17.8 Å². The molecule has 0 aromatic heterocycles. The minimum Gasteiger partial charge on any atom is -0.467 e. The molecule has 0 aromatic carbocycles. The van der Waals surface area contributed by atoms with Crippen LogP contribution in [0.25, 0.3) is 0 Å². The van der Waals surface area contributed by atoms with Crippen LogP contribution in [0.1, 0.15) is 57.8 Å². The SMILES string of the molecule is COC(=O)C(CC1CCCNC1=O)NC(=O)C1CC2(CCCCC2)CN1. The summed E-state index contributed by atoms with van der Waals surface area (Å²) in [5, 5.41) is 9.02. The number of carbonyl (C=O) groups is 3. The number of nitrogens with one attached hydrogen (secondary N) is 3. The fourth-order valence-corrected chi connectivity index (χ4v) is 4.76. The van der Waals surface area contributed by atoms with Crippen LogP contribution in [0, 0.1) is 11.3 Å². The van der Waals surface area contributed by atoms with Crippen molar-refractivity contribution in [1.29, 1.82) is 0 Å². The van der Waals surface area contributed by atoms with Crippen molar-refractivity contribution in [2.75, 3.05) is 20.2 Å². The van der Waals surface area contributed by atoms with Crippen LogP contribution in [0.5, 0.6) is 0 Å². The van der Waals surface area contributed by atoms with Gasteiger partial charge < -0.3 is 20.7 Å². The first-order valence-electron chi connectivity index (χ1n) is 9.92. The number of hydrogen-bond donors (Lipinski definition) is 3. The van der Waals surface area contributed by atoms with Crippen LogP contribution in [-0.2, 0) is 19.1 Å². The third-order valence-corrected chi connectivity index (χ3v) is 6.31. The average Bonchev–Trinajstić information content (AvgIpc) is 3.06. The lowest BCUT2D eigenvalue weighted by atomic mass is 9.72. The van der Waals surface area contributed by atoms with Gasteiger partial charge >= 0.3 is 5.97 Å². The second-order valence-corrected chi connectivity index (χ2v) is 8.15. The Labute approximate surface area is 155 Å². The van der Waals surface area contributed by atoms with Gasteiger partial charge in [0, 0.05) is 19.0 Å². The summed E-state index contributed by atoms with van der Waals surface area (Å²) in [6, 6.07) is -1.04. The van der Waals surface area contributed by atoms with E-state index in [1.165, 1.54) is 39.2 Å². The first-order chi connectivity index (χ1) is 12.5. The van der Waals surface area contributed by atoms with Crippen molar-refractivity contribution in [2.24, 2.45) is 11.3 Å². The number of amides is 2. The van der Waals surface area contributed by atoms with Gasteiger partial charge in [-0.2, -0.15) is 0 Å². The summed E-state index contributed by atoms with van der Waals surface area (Å²) in [6.45, 7) is 1.55. The predicted molar refractivity (Wildman–Crippen MR) is 96.2 cm³/mol. The topological polar surface area (TPSA) is 96.5 Å². The zero-order chi connectivity index (χ0) is 18.6. The van der Waals surface area contributed by atoms with E-state index in [2.05, 4.69) is 16.0 Å². The third kappa shape index (κ3) is 4.37. The van der Waals surface area contributed by atoms with E-state index < -0.39 is 12.0 Å². The van der Waals surface area contributed by atoms with Crippen molar-refractivity contribution in [3.63, 3.8) is 0 Å².